The molecule has 1 unspecified atom stereocenters. The van der Waals surface area contributed by atoms with Crippen molar-refractivity contribution in [3.63, 3.8) is 0 Å². The van der Waals surface area contributed by atoms with Gasteiger partial charge in [0.15, 0.2) is 0 Å². The third kappa shape index (κ3) is 2.93. The van der Waals surface area contributed by atoms with E-state index in [1.54, 1.807) is 26.2 Å². The lowest BCUT2D eigenvalue weighted by atomic mass is 10.1. The Morgan fingerprint density at radius 3 is 2.75 bits per heavy atom. The van der Waals surface area contributed by atoms with Crippen LogP contribution in [0.1, 0.15) is 18.6 Å². The minimum absolute atomic E-state index is 0.334. The molecule has 0 saturated heterocycles. The zero-order valence-electron chi connectivity index (χ0n) is 9.90. The Kier molecular flexibility index (Phi) is 4.71. The molecule has 0 radical (unpaired) electrons. The van der Waals surface area contributed by atoms with E-state index in [-0.39, 0.29) is 5.82 Å². The fourth-order valence-corrected chi connectivity index (χ4v) is 1.62. The molecule has 3 nitrogen and oxygen atoms in total. The summed E-state index contributed by atoms with van der Waals surface area (Å²) in [6.07, 6.45) is -0.818. The summed E-state index contributed by atoms with van der Waals surface area (Å²) >= 11 is 0. The minimum atomic E-state index is -0.818. The average molecular weight is 227 g/mol. The van der Waals surface area contributed by atoms with Crippen molar-refractivity contribution in [1.82, 2.24) is 0 Å². The summed E-state index contributed by atoms with van der Waals surface area (Å²) < 4.78 is 18.5. The second-order valence-corrected chi connectivity index (χ2v) is 3.76. The van der Waals surface area contributed by atoms with Crippen LogP contribution in [0.25, 0.3) is 0 Å². The lowest BCUT2D eigenvalue weighted by molar-refractivity contribution is 0.193. The number of methoxy groups -OCH3 is 1. The molecular weight excluding hydrogens is 209 g/mol. The first-order valence-corrected chi connectivity index (χ1v) is 5.24. The highest BCUT2D eigenvalue weighted by molar-refractivity contribution is 5.54. The predicted octanol–water partition coefficient (Wildman–Crippen LogP) is 1.96. The van der Waals surface area contributed by atoms with E-state index in [9.17, 15) is 9.50 Å². The number of likely N-dealkylation sites (N-methyl/N-ethyl adjacent to an activating group) is 1. The van der Waals surface area contributed by atoms with Crippen LogP contribution >= 0.6 is 0 Å². The molecule has 0 aliphatic rings. The number of aliphatic hydroxyl groups excluding tert-OH is 1. The Labute approximate surface area is 95.5 Å². The number of ether oxygens (including phenoxy) is 1. The van der Waals surface area contributed by atoms with Gasteiger partial charge in [-0.2, -0.15) is 0 Å². The van der Waals surface area contributed by atoms with E-state index in [0.29, 0.717) is 24.4 Å². The van der Waals surface area contributed by atoms with Gasteiger partial charge in [-0.25, -0.2) is 4.39 Å². The number of aliphatic hydroxyl groups is 1. The number of hydrogen-bond acceptors (Lipinski definition) is 3. The van der Waals surface area contributed by atoms with Crippen LogP contribution in [0.4, 0.5) is 10.1 Å². The van der Waals surface area contributed by atoms with Crippen molar-refractivity contribution in [2.24, 2.45) is 0 Å². The maximum absolute atomic E-state index is 13.6. The van der Waals surface area contributed by atoms with Crippen molar-refractivity contribution in [3.05, 3.63) is 29.6 Å². The quantitative estimate of drug-likeness (QED) is 0.834. The molecule has 1 aromatic carbocycles. The van der Waals surface area contributed by atoms with Gasteiger partial charge in [0.05, 0.1) is 12.7 Å². The molecule has 90 valence electrons. The molecule has 4 heteroatoms. The van der Waals surface area contributed by atoms with E-state index in [1.807, 2.05) is 11.9 Å². The van der Waals surface area contributed by atoms with Crippen molar-refractivity contribution in [3.8, 4) is 0 Å². The van der Waals surface area contributed by atoms with E-state index >= 15 is 0 Å². The number of nitrogens with zero attached hydrogens (tertiary/aromatic N) is 1. The van der Waals surface area contributed by atoms with Crippen molar-refractivity contribution < 1.29 is 14.2 Å². The van der Waals surface area contributed by atoms with Crippen molar-refractivity contribution in [1.29, 1.82) is 0 Å². The van der Waals surface area contributed by atoms with E-state index in [1.165, 1.54) is 6.07 Å². The standard InChI is InChI=1S/C12H18FNO2/c1-9(15)12-10(13)5-4-6-11(12)14(2)7-8-16-3/h4-6,9,15H,7-8H2,1-3H3. The third-order valence-corrected chi connectivity index (χ3v) is 2.49. The first-order valence-electron chi connectivity index (χ1n) is 5.24. The molecule has 16 heavy (non-hydrogen) atoms. The second-order valence-electron chi connectivity index (χ2n) is 3.76. The van der Waals surface area contributed by atoms with Crippen LogP contribution in [0, 0.1) is 5.82 Å². The van der Waals surface area contributed by atoms with Crippen LogP contribution in [0.2, 0.25) is 0 Å². The predicted molar refractivity (Wildman–Crippen MR) is 62.2 cm³/mol. The molecule has 1 rings (SSSR count). The number of benzene rings is 1. The maximum atomic E-state index is 13.6. The van der Waals surface area contributed by atoms with Gasteiger partial charge in [-0.1, -0.05) is 6.07 Å². The lowest BCUT2D eigenvalue weighted by Crippen LogP contribution is -2.24. The zero-order valence-corrected chi connectivity index (χ0v) is 9.90. The SMILES string of the molecule is COCCN(C)c1cccc(F)c1C(C)O. The summed E-state index contributed by atoms with van der Waals surface area (Å²) in [5.41, 5.74) is 1.04. The highest BCUT2D eigenvalue weighted by Gasteiger charge is 2.15. The molecule has 0 fully saturated rings. The summed E-state index contributed by atoms with van der Waals surface area (Å²) in [5, 5.41) is 9.56. The number of anilines is 1. The van der Waals surface area contributed by atoms with Gasteiger partial charge in [0.2, 0.25) is 0 Å². The van der Waals surface area contributed by atoms with E-state index in [0.717, 1.165) is 0 Å². The van der Waals surface area contributed by atoms with Gasteiger partial charge in [0.1, 0.15) is 5.82 Å². The maximum Gasteiger partial charge on any atom is 0.131 e. The topological polar surface area (TPSA) is 32.7 Å². The molecule has 0 amide bonds. The van der Waals surface area contributed by atoms with Gasteiger partial charge in [0.25, 0.3) is 0 Å². The average Bonchev–Trinajstić information content (AvgIpc) is 2.24. The Morgan fingerprint density at radius 2 is 2.19 bits per heavy atom. The molecule has 1 aromatic rings. The minimum Gasteiger partial charge on any atom is -0.389 e. The number of rotatable bonds is 5. The fraction of sp³-hybridized carbons (Fsp3) is 0.500. The van der Waals surface area contributed by atoms with E-state index < -0.39 is 6.10 Å². The number of halogens is 1. The van der Waals surface area contributed by atoms with E-state index in [4.69, 9.17) is 4.74 Å². The van der Waals surface area contributed by atoms with Crippen LogP contribution in [0.5, 0.6) is 0 Å². The van der Waals surface area contributed by atoms with Crippen LogP contribution in [-0.2, 0) is 4.74 Å². The zero-order chi connectivity index (χ0) is 12.1. The fourth-order valence-electron chi connectivity index (χ4n) is 1.62. The normalized spacial score (nSPS) is 12.6. The summed E-state index contributed by atoms with van der Waals surface area (Å²) in [7, 11) is 3.47. The summed E-state index contributed by atoms with van der Waals surface area (Å²) in [4.78, 5) is 1.87. The molecule has 0 bridgehead atoms. The molecular formula is C12H18FNO2. The first kappa shape index (κ1) is 12.9. The van der Waals surface area contributed by atoms with E-state index in [2.05, 4.69) is 0 Å². The molecule has 0 saturated carbocycles. The molecule has 1 N–H and O–H groups in total. The second kappa shape index (κ2) is 5.82. The van der Waals surface area contributed by atoms with Crippen molar-refractivity contribution in [2.45, 2.75) is 13.0 Å². The highest BCUT2D eigenvalue weighted by Crippen LogP contribution is 2.27. The summed E-state index contributed by atoms with van der Waals surface area (Å²) in [6.45, 7) is 2.78. The molecule has 0 aliphatic heterocycles. The van der Waals surface area contributed by atoms with Crippen LogP contribution < -0.4 is 4.90 Å². The van der Waals surface area contributed by atoms with Gasteiger partial charge in [-0.3, -0.25) is 0 Å². The van der Waals surface area contributed by atoms with Crippen molar-refractivity contribution >= 4 is 5.69 Å². The van der Waals surface area contributed by atoms with Gasteiger partial charge < -0.3 is 14.7 Å². The van der Waals surface area contributed by atoms with Gasteiger partial charge in [0, 0.05) is 32.0 Å². The van der Waals surface area contributed by atoms with Gasteiger partial charge in [-0.15, -0.1) is 0 Å². The lowest BCUT2D eigenvalue weighted by Gasteiger charge is -2.23. The third-order valence-electron chi connectivity index (χ3n) is 2.49. The molecule has 0 heterocycles. The number of hydrogen-bond donors (Lipinski definition) is 1. The largest absolute Gasteiger partial charge is 0.389 e. The molecule has 0 aliphatic carbocycles. The van der Waals surface area contributed by atoms with Crippen molar-refractivity contribution in [2.75, 3.05) is 32.2 Å². The van der Waals surface area contributed by atoms with Gasteiger partial charge >= 0.3 is 0 Å². The summed E-state index contributed by atoms with van der Waals surface area (Å²) in [6, 6.07) is 4.79. The molecule has 0 aromatic heterocycles. The van der Waals surface area contributed by atoms with Crippen LogP contribution in [-0.4, -0.2) is 32.4 Å². The Morgan fingerprint density at radius 1 is 1.50 bits per heavy atom. The first-order chi connectivity index (χ1) is 7.57. The van der Waals surface area contributed by atoms with Crippen LogP contribution in [0.3, 0.4) is 0 Å². The molecule has 0 spiro atoms. The van der Waals surface area contributed by atoms with Crippen LogP contribution in [0.15, 0.2) is 18.2 Å². The molecule has 1 atom stereocenters. The monoisotopic (exact) mass is 227 g/mol. The van der Waals surface area contributed by atoms with Gasteiger partial charge in [-0.05, 0) is 19.1 Å². The Hall–Kier alpha value is -1.13. The summed E-state index contributed by atoms with van der Waals surface area (Å²) in [5.74, 6) is -0.378. The Balaban J connectivity index is 2.98. The smallest absolute Gasteiger partial charge is 0.131 e. The highest BCUT2D eigenvalue weighted by atomic mass is 19.1. The Bertz CT molecular complexity index is 342.